The summed E-state index contributed by atoms with van der Waals surface area (Å²) in [5.74, 6) is 1.50. The largest absolute Gasteiger partial charge is 0.490 e. The van der Waals surface area contributed by atoms with Gasteiger partial charge in [0.2, 0.25) is 0 Å². The second-order valence-corrected chi connectivity index (χ2v) is 6.17. The van der Waals surface area contributed by atoms with Crippen LogP contribution in [-0.2, 0) is 0 Å². The molecule has 0 saturated heterocycles. The van der Waals surface area contributed by atoms with Crippen molar-refractivity contribution in [3.8, 4) is 11.5 Å². The van der Waals surface area contributed by atoms with Gasteiger partial charge in [-0.25, -0.2) is 0 Å². The fraction of sp³-hybridized carbons (Fsp3) is 0.294. The van der Waals surface area contributed by atoms with Crippen LogP contribution in [0.3, 0.4) is 0 Å². The zero-order chi connectivity index (χ0) is 15.2. The highest BCUT2D eigenvalue weighted by Gasteiger charge is 2.14. The predicted molar refractivity (Wildman–Crippen MR) is 95.6 cm³/mol. The lowest BCUT2D eigenvalue weighted by Crippen LogP contribution is -2.00. The molecule has 0 aliphatic rings. The van der Waals surface area contributed by atoms with E-state index in [2.05, 4.69) is 46.9 Å². The van der Waals surface area contributed by atoms with Crippen LogP contribution in [0.15, 0.2) is 42.5 Å². The fourth-order valence-corrected chi connectivity index (χ4v) is 2.69. The van der Waals surface area contributed by atoms with Gasteiger partial charge in [-0.15, -0.1) is 11.6 Å². The van der Waals surface area contributed by atoms with Gasteiger partial charge in [-0.3, -0.25) is 0 Å². The first-order chi connectivity index (χ1) is 10.2. The van der Waals surface area contributed by atoms with Crippen LogP contribution >= 0.6 is 34.2 Å². The lowest BCUT2D eigenvalue weighted by Gasteiger charge is -2.15. The molecule has 2 rings (SSSR count). The summed E-state index contributed by atoms with van der Waals surface area (Å²) in [6.07, 6.45) is 0. The van der Waals surface area contributed by atoms with Gasteiger partial charge in [-0.05, 0) is 71.8 Å². The standard InChI is InChI=1S/C17H18ClIO2/c1-3-20-15-10-7-13(11-16(15)21-4-2)17(18)12-5-8-14(19)9-6-12/h5-11,17H,3-4H2,1-2H3. The summed E-state index contributed by atoms with van der Waals surface area (Å²) < 4.78 is 12.4. The van der Waals surface area contributed by atoms with E-state index in [1.807, 2.05) is 32.0 Å². The molecular formula is C17H18ClIO2. The van der Waals surface area contributed by atoms with Crippen LogP contribution < -0.4 is 9.47 Å². The molecule has 0 bridgehead atoms. The third-order valence-electron chi connectivity index (χ3n) is 3.02. The van der Waals surface area contributed by atoms with Crippen molar-refractivity contribution in [1.29, 1.82) is 0 Å². The lowest BCUT2D eigenvalue weighted by atomic mass is 10.0. The molecule has 0 saturated carbocycles. The van der Waals surface area contributed by atoms with Crippen molar-refractivity contribution in [3.05, 3.63) is 57.2 Å². The van der Waals surface area contributed by atoms with Gasteiger partial charge in [0.15, 0.2) is 11.5 Å². The normalized spacial score (nSPS) is 12.0. The van der Waals surface area contributed by atoms with Gasteiger partial charge in [0.05, 0.1) is 18.6 Å². The van der Waals surface area contributed by atoms with Crippen molar-refractivity contribution in [1.82, 2.24) is 0 Å². The number of hydrogen-bond donors (Lipinski definition) is 0. The van der Waals surface area contributed by atoms with Crippen molar-refractivity contribution >= 4 is 34.2 Å². The monoisotopic (exact) mass is 416 g/mol. The van der Waals surface area contributed by atoms with E-state index < -0.39 is 0 Å². The third-order valence-corrected chi connectivity index (χ3v) is 4.25. The van der Waals surface area contributed by atoms with E-state index in [0.29, 0.717) is 13.2 Å². The first-order valence-corrected chi connectivity index (χ1v) is 8.46. The molecule has 2 aromatic rings. The highest BCUT2D eigenvalue weighted by molar-refractivity contribution is 14.1. The van der Waals surface area contributed by atoms with Crippen LogP contribution in [-0.4, -0.2) is 13.2 Å². The zero-order valence-electron chi connectivity index (χ0n) is 12.1. The molecule has 1 atom stereocenters. The van der Waals surface area contributed by atoms with Gasteiger partial charge in [-0.1, -0.05) is 18.2 Å². The Kier molecular flexibility index (Phi) is 6.18. The maximum Gasteiger partial charge on any atom is 0.161 e. The van der Waals surface area contributed by atoms with Crippen LogP contribution in [0.4, 0.5) is 0 Å². The minimum Gasteiger partial charge on any atom is -0.490 e. The first kappa shape index (κ1) is 16.4. The molecule has 2 aromatic carbocycles. The molecule has 0 aliphatic heterocycles. The number of ether oxygens (including phenoxy) is 2. The molecule has 0 radical (unpaired) electrons. The van der Waals surface area contributed by atoms with Gasteiger partial charge < -0.3 is 9.47 Å². The number of benzene rings is 2. The number of hydrogen-bond acceptors (Lipinski definition) is 2. The van der Waals surface area contributed by atoms with E-state index in [1.54, 1.807) is 0 Å². The summed E-state index contributed by atoms with van der Waals surface area (Å²) in [6.45, 7) is 5.13. The van der Waals surface area contributed by atoms with Crippen LogP contribution in [0.2, 0.25) is 0 Å². The number of halogens is 2. The molecule has 0 amide bonds. The van der Waals surface area contributed by atoms with Gasteiger partial charge in [-0.2, -0.15) is 0 Å². The van der Waals surface area contributed by atoms with Crippen LogP contribution in [0, 0.1) is 3.57 Å². The molecule has 2 nitrogen and oxygen atoms in total. The summed E-state index contributed by atoms with van der Waals surface area (Å²) in [5, 5.41) is -0.197. The SMILES string of the molecule is CCOc1ccc(C(Cl)c2ccc(I)cc2)cc1OCC. The highest BCUT2D eigenvalue weighted by atomic mass is 127. The molecule has 0 heterocycles. The van der Waals surface area contributed by atoms with Crippen LogP contribution in [0.5, 0.6) is 11.5 Å². The molecular weight excluding hydrogens is 399 g/mol. The molecule has 0 spiro atoms. The molecule has 4 heteroatoms. The Hall–Kier alpha value is -0.940. The summed E-state index contributed by atoms with van der Waals surface area (Å²) >= 11 is 8.87. The first-order valence-electron chi connectivity index (χ1n) is 6.94. The quantitative estimate of drug-likeness (QED) is 0.462. The van der Waals surface area contributed by atoms with E-state index in [1.165, 1.54) is 3.57 Å². The lowest BCUT2D eigenvalue weighted by molar-refractivity contribution is 0.287. The maximum atomic E-state index is 6.59. The van der Waals surface area contributed by atoms with E-state index in [-0.39, 0.29) is 5.38 Å². The smallest absolute Gasteiger partial charge is 0.161 e. The van der Waals surface area contributed by atoms with Gasteiger partial charge >= 0.3 is 0 Å². The summed E-state index contributed by atoms with van der Waals surface area (Å²) in [4.78, 5) is 0. The molecule has 0 aliphatic carbocycles. The van der Waals surface area contributed by atoms with Crippen LogP contribution in [0.25, 0.3) is 0 Å². The molecule has 0 N–H and O–H groups in total. The Labute approximate surface area is 144 Å². The third kappa shape index (κ3) is 4.27. The Morgan fingerprint density at radius 3 is 2.10 bits per heavy atom. The maximum absolute atomic E-state index is 6.59. The average Bonchev–Trinajstić information content (AvgIpc) is 2.49. The second kappa shape index (κ2) is 7.90. The molecule has 112 valence electrons. The number of rotatable bonds is 6. The zero-order valence-corrected chi connectivity index (χ0v) is 15.0. The topological polar surface area (TPSA) is 18.5 Å². The summed E-state index contributed by atoms with van der Waals surface area (Å²) in [6, 6.07) is 14.1. The Morgan fingerprint density at radius 2 is 1.48 bits per heavy atom. The van der Waals surface area contributed by atoms with Crippen molar-refractivity contribution in [3.63, 3.8) is 0 Å². The van der Waals surface area contributed by atoms with Crippen molar-refractivity contribution in [2.75, 3.05) is 13.2 Å². The molecule has 1 unspecified atom stereocenters. The van der Waals surface area contributed by atoms with E-state index in [0.717, 1.165) is 22.6 Å². The van der Waals surface area contributed by atoms with E-state index >= 15 is 0 Å². The van der Waals surface area contributed by atoms with Gasteiger partial charge in [0.1, 0.15) is 0 Å². The van der Waals surface area contributed by atoms with E-state index in [4.69, 9.17) is 21.1 Å². The van der Waals surface area contributed by atoms with Crippen molar-refractivity contribution < 1.29 is 9.47 Å². The average molecular weight is 417 g/mol. The minimum absolute atomic E-state index is 0.197. The van der Waals surface area contributed by atoms with Crippen LogP contribution in [0.1, 0.15) is 30.4 Å². The second-order valence-electron chi connectivity index (χ2n) is 4.49. The van der Waals surface area contributed by atoms with Crippen molar-refractivity contribution in [2.24, 2.45) is 0 Å². The van der Waals surface area contributed by atoms with Gasteiger partial charge in [0.25, 0.3) is 0 Å². The highest BCUT2D eigenvalue weighted by Crippen LogP contribution is 2.35. The molecule has 21 heavy (non-hydrogen) atoms. The molecule has 0 aromatic heterocycles. The Morgan fingerprint density at radius 1 is 0.905 bits per heavy atom. The van der Waals surface area contributed by atoms with E-state index in [9.17, 15) is 0 Å². The van der Waals surface area contributed by atoms with Gasteiger partial charge in [0, 0.05) is 3.57 Å². The molecule has 0 fully saturated rings. The predicted octanol–water partition coefficient (Wildman–Crippen LogP) is 5.42. The Balaban J connectivity index is 2.30. The van der Waals surface area contributed by atoms with Crippen molar-refractivity contribution in [2.45, 2.75) is 19.2 Å². The summed E-state index contributed by atoms with van der Waals surface area (Å²) in [7, 11) is 0. The summed E-state index contributed by atoms with van der Waals surface area (Å²) in [5.41, 5.74) is 2.08. The fourth-order valence-electron chi connectivity index (χ4n) is 2.05. The number of alkyl halides is 1. The minimum atomic E-state index is -0.197. The Bertz CT molecular complexity index is 584.